The van der Waals surface area contributed by atoms with Crippen molar-refractivity contribution in [2.75, 3.05) is 11.9 Å². The SMILES string of the molecule is Cn1ccnc1C(=O)c1ccc(NCCc2ccc(O)c(O)c2)c([N+](=O)[O-])c1. The van der Waals surface area contributed by atoms with Gasteiger partial charge in [-0.3, -0.25) is 14.9 Å². The number of aromatic nitrogens is 2. The average Bonchev–Trinajstić information content (AvgIpc) is 3.10. The van der Waals surface area contributed by atoms with Gasteiger partial charge in [0.2, 0.25) is 5.78 Å². The average molecular weight is 382 g/mol. The Hall–Kier alpha value is -3.88. The quantitative estimate of drug-likeness (QED) is 0.248. The number of phenolic OH excluding ortho intramolecular Hbond substituents is 2. The standard InChI is InChI=1S/C19H18N4O5/c1-22-9-8-21-19(22)18(26)13-3-4-14(15(11-13)23(27)28)20-7-6-12-2-5-16(24)17(25)10-12/h2-5,8-11,20,24-25H,6-7H2,1H3. The summed E-state index contributed by atoms with van der Waals surface area (Å²) in [6.07, 6.45) is 3.58. The van der Waals surface area contributed by atoms with Gasteiger partial charge in [0.25, 0.3) is 5.69 Å². The lowest BCUT2D eigenvalue weighted by Crippen LogP contribution is -2.11. The van der Waals surface area contributed by atoms with Crippen LogP contribution in [0.2, 0.25) is 0 Å². The summed E-state index contributed by atoms with van der Waals surface area (Å²) in [6, 6.07) is 8.69. The molecule has 0 spiro atoms. The van der Waals surface area contributed by atoms with E-state index in [1.165, 1.54) is 36.5 Å². The summed E-state index contributed by atoms with van der Waals surface area (Å²) in [5.41, 5.74) is 1.00. The molecule has 9 nitrogen and oxygen atoms in total. The molecule has 2 aromatic carbocycles. The van der Waals surface area contributed by atoms with Crippen molar-refractivity contribution in [2.24, 2.45) is 7.05 Å². The minimum absolute atomic E-state index is 0.176. The van der Waals surface area contributed by atoms with Crippen molar-refractivity contribution in [1.29, 1.82) is 0 Å². The van der Waals surface area contributed by atoms with Gasteiger partial charge in [-0.05, 0) is 36.2 Å². The second kappa shape index (κ2) is 7.78. The van der Waals surface area contributed by atoms with Gasteiger partial charge in [-0.25, -0.2) is 4.98 Å². The van der Waals surface area contributed by atoms with Crippen molar-refractivity contribution in [3.63, 3.8) is 0 Å². The maximum absolute atomic E-state index is 12.5. The first-order valence-electron chi connectivity index (χ1n) is 8.42. The Morgan fingerprint density at radius 2 is 2.00 bits per heavy atom. The zero-order valence-corrected chi connectivity index (χ0v) is 15.0. The van der Waals surface area contributed by atoms with Crippen LogP contribution in [0.4, 0.5) is 11.4 Å². The van der Waals surface area contributed by atoms with E-state index in [1.54, 1.807) is 23.9 Å². The topological polar surface area (TPSA) is 131 Å². The number of rotatable bonds is 7. The lowest BCUT2D eigenvalue weighted by molar-refractivity contribution is -0.384. The highest BCUT2D eigenvalue weighted by Crippen LogP contribution is 2.28. The summed E-state index contributed by atoms with van der Waals surface area (Å²) in [7, 11) is 1.67. The molecule has 3 rings (SSSR count). The molecule has 0 aliphatic heterocycles. The van der Waals surface area contributed by atoms with Crippen molar-refractivity contribution >= 4 is 17.2 Å². The van der Waals surface area contributed by atoms with Crippen LogP contribution in [-0.2, 0) is 13.5 Å². The molecule has 0 radical (unpaired) electrons. The van der Waals surface area contributed by atoms with Crippen LogP contribution in [0.15, 0.2) is 48.8 Å². The smallest absolute Gasteiger partial charge is 0.293 e. The first-order valence-corrected chi connectivity index (χ1v) is 8.42. The van der Waals surface area contributed by atoms with Gasteiger partial charge in [-0.2, -0.15) is 0 Å². The van der Waals surface area contributed by atoms with Gasteiger partial charge in [0.15, 0.2) is 17.3 Å². The molecule has 0 unspecified atom stereocenters. The number of carbonyl (C=O) groups excluding carboxylic acids is 1. The molecule has 28 heavy (non-hydrogen) atoms. The van der Waals surface area contributed by atoms with E-state index in [0.717, 1.165) is 5.56 Å². The largest absolute Gasteiger partial charge is 0.504 e. The monoisotopic (exact) mass is 382 g/mol. The minimum Gasteiger partial charge on any atom is -0.504 e. The molecule has 1 heterocycles. The molecule has 3 aromatic rings. The number of aromatic hydroxyl groups is 2. The Balaban J connectivity index is 1.76. The van der Waals surface area contributed by atoms with Gasteiger partial charge in [-0.1, -0.05) is 6.07 Å². The number of nitrogens with one attached hydrogen (secondary N) is 1. The van der Waals surface area contributed by atoms with Crippen LogP contribution in [0.5, 0.6) is 11.5 Å². The van der Waals surface area contributed by atoms with E-state index < -0.39 is 10.7 Å². The highest BCUT2D eigenvalue weighted by molar-refractivity contribution is 6.07. The summed E-state index contributed by atoms with van der Waals surface area (Å²) in [4.78, 5) is 27.4. The van der Waals surface area contributed by atoms with Crippen LogP contribution >= 0.6 is 0 Å². The number of hydrogen-bond donors (Lipinski definition) is 3. The molecule has 0 saturated carbocycles. The fraction of sp³-hybridized carbons (Fsp3) is 0.158. The Morgan fingerprint density at radius 3 is 2.64 bits per heavy atom. The van der Waals surface area contributed by atoms with Gasteiger partial charge < -0.3 is 20.1 Å². The van der Waals surface area contributed by atoms with Crippen LogP contribution in [0, 0.1) is 10.1 Å². The van der Waals surface area contributed by atoms with E-state index >= 15 is 0 Å². The Kier molecular flexibility index (Phi) is 5.25. The fourth-order valence-electron chi connectivity index (χ4n) is 2.75. The summed E-state index contributed by atoms with van der Waals surface area (Å²) in [6.45, 7) is 0.359. The molecule has 3 N–H and O–H groups in total. The summed E-state index contributed by atoms with van der Waals surface area (Å²) < 4.78 is 1.55. The summed E-state index contributed by atoms with van der Waals surface area (Å²) in [5.74, 6) is -0.634. The van der Waals surface area contributed by atoms with Crippen LogP contribution in [-0.4, -0.2) is 37.0 Å². The lowest BCUT2D eigenvalue weighted by atomic mass is 10.1. The Bertz CT molecular complexity index is 1040. The van der Waals surface area contributed by atoms with Gasteiger partial charge in [0.1, 0.15) is 5.69 Å². The van der Waals surface area contributed by atoms with Crippen molar-refractivity contribution in [3.8, 4) is 11.5 Å². The molecule has 0 aliphatic carbocycles. The van der Waals surface area contributed by atoms with E-state index in [2.05, 4.69) is 10.3 Å². The number of anilines is 1. The van der Waals surface area contributed by atoms with E-state index in [4.69, 9.17) is 0 Å². The number of imidazole rings is 1. The normalized spacial score (nSPS) is 10.6. The van der Waals surface area contributed by atoms with Crippen molar-refractivity contribution in [2.45, 2.75) is 6.42 Å². The third-order valence-electron chi connectivity index (χ3n) is 4.25. The minimum atomic E-state index is -0.552. The number of phenols is 2. The number of ketones is 1. The van der Waals surface area contributed by atoms with Crippen LogP contribution in [0.25, 0.3) is 0 Å². The number of aryl methyl sites for hydroxylation is 1. The van der Waals surface area contributed by atoms with E-state index in [9.17, 15) is 25.1 Å². The van der Waals surface area contributed by atoms with Gasteiger partial charge in [0, 0.05) is 37.6 Å². The highest BCUT2D eigenvalue weighted by Gasteiger charge is 2.20. The number of nitro benzene ring substituents is 1. The van der Waals surface area contributed by atoms with Crippen molar-refractivity contribution in [3.05, 3.63) is 75.9 Å². The Morgan fingerprint density at radius 1 is 1.21 bits per heavy atom. The second-order valence-corrected chi connectivity index (χ2v) is 6.18. The molecule has 0 saturated heterocycles. The molecular formula is C19H18N4O5. The van der Waals surface area contributed by atoms with E-state index in [0.29, 0.717) is 13.0 Å². The fourth-order valence-corrected chi connectivity index (χ4v) is 2.75. The molecular weight excluding hydrogens is 364 g/mol. The predicted molar refractivity (Wildman–Crippen MR) is 102 cm³/mol. The zero-order valence-electron chi connectivity index (χ0n) is 15.0. The first-order chi connectivity index (χ1) is 13.4. The molecule has 0 amide bonds. The number of nitrogens with zero attached hydrogens (tertiary/aromatic N) is 3. The summed E-state index contributed by atoms with van der Waals surface area (Å²) >= 11 is 0. The van der Waals surface area contributed by atoms with Gasteiger partial charge >= 0.3 is 0 Å². The number of hydrogen-bond acceptors (Lipinski definition) is 7. The maximum atomic E-state index is 12.5. The van der Waals surface area contributed by atoms with Crippen LogP contribution < -0.4 is 5.32 Å². The third-order valence-corrected chi connectivity index (χ3v) is 4.25. The van der Waals surface area contributed by atoms with Crippen LogP contribution in [0.1, 0.15) is 21.7 Å². The van der Waals surface area contributed by atoms with E-state index in [-0.39, 0.29) is 34.3 Å². The Labute approximate surface area is 160 Å². The van der Waals surface area contributed by atoms with Gasteiger partial charge in [-0.15, -0.1) is 0 Å². The zero-order chi connectivity index (χ0) is 20.3. The maximum Gasteiger partial charge on any atom is 0.293 e. The second-order valence-electron chi connectivity index (χ2n) is 6.18. The molecule has 0 fully saturated rings. The summed E-state index contributed by atoms with van der Waals surface area (Å²) in [5, 5.41) is 33.3. The number of benzene rings is 2. The predicted octanol–water partition coefficient (Wildman–Crippen LogP) is 2.63. The molecule has 9 heteroatoms. The molecule has 0 atom stereocenters. The number of carbonyl (C=O) groups is 1. The van der Waals surface area contributed by atoms with E-state index in [1.807, 2.05) is 0 Å². The van der Waals surface area contributed by atoms with Crippen molar-refractivity contribution in [1.82, 2.24) is 9.55 Å². The van der Waals surface area contributed by atoms with Crippen molar-refractivity contribution < 1.29 is 19.9 Å². The molecule has 1 aromatic heterocycles. The highest BCUT2D eigenvalue weighted by atomic mass is 16.6. The molecule has 0 bridgehead atoms. The first kappa shape index (κ1) is 18.9. The molecule has 144 valence electrons. The third kappa shape index (κ3) is 3.93. The van der Waals surface area contributed by atoms with Gasteiger partial charge in [0.05, 0.1) is 4.92 Å². The van der Waals surface area contributed by atoms with Crippen LogP contribution in [0.3, 0.4) is 0 Å². The molecule has 0 aliphatic rings. The lowest BCUT2D eigenvalue weighted by Gasteiger charge is -2.09. The number of nitro groups is 1.